The molecule has 0 spiro atoms. The third-order valence-corrected chi connectivity index (χ3v) is 3.69. The van der Waals surface area contributed by atoms with Gasteiger partial charge in [0.2, 0.25) is 0 Å². The van der Waals surface area contributed by atoms with E-state index in [2.05, 4.69) is 10.1 Å². The van der Waals surface area contributed by atoms with Gasteiger partial charge in [-0.3, -0.25) is 0 Å². The van der Waals surface area contributed by atoms with E-state index < -0.39 is 6.36 Å². The Kier molecular flexibility index (Phi) is 3.52. The molecule has 2 nitrogen and oxygen atoms in total. The minimum Gasteiger partial charge on any atom is -0.405 e. The topological polar surface area (TPSA) is 21.3 Å². The average Bonchev–Trinajstić information content (AvgIpc) is 2.28. The van der Waals surface area contributed by atoms with Crippen molar-refractivity contribution in [3.05, 3.63) is 29.8 Å². The smallest absolute Gasteiger partial charge is 0.405 e. The van der Waals surface area contributed by atoms with Crippen molar-refractivity contribution in [2.75, 3.05) is 7.05 Å². The molecule has 0 radical (unpaired) electrons. The Hall–Kier alpha value is -1.23. The standard InChI is InChI=1S/C13H16F3NO/c1-8-10(7-11(8)17-2)9-5-3-4-6-12(9)18-13(14,15)16/h3-6,8,10-11,17H,7H2,1-2H3. The van der Waals surface area contributed by atoms with Crippen LogP contribution in [0.15, 0.2) is 24.3 Å². The van der Waals surface area contributed by atoms with Gasteiger partial charge in [-0.2, -0.15) is 0 Å². The minimum atomic E-state index is -4.63. The lowest BCUT2D eigenvalue weighted by atomic mass is 9.67. The van der Waals surface area contributed by atoms with Gasteiger partial charge in [0.15, 0.2) is 0 Å². The Bertz CT molecular complexity index is 419. The second-order valence-corrected chi connectivity index (χ2v) is 4.68. The molecule has 3 unspecified atom stereocenters. The second-order valence-electron chi connectivity index (χ2n) is 4.68. The molecule has 0 amide bonds. The molecule has 0 aromatic heterocycles. The van der Waals surface area contributed by atoms with Crippen molar-refractivity contribution in [2.45, 2.75) is 31.7 Å². The number of alkyl halides is 3. The lowest BCUT2D eigenvalue weighted by Gasteiger charge is -2.43. The molecule has 1 aliphatic rings. The van der Waals surface area contributed by atoms with Crippen molar-refractivity contribution in [1.29, 1.82) is 0 Å². The number of para-hydroxylation sites is 1. The van der Waals surface area contributed by atoms with Gasteiger partial charge in [-0.25, -0.2) is 0 Å². The SMILES string of the molecule is CNC1CC(c2ccccc2OC(F)(F)F)C1C. The molecule has 0 saturated heterocycles. The first-order chi connectivity index (χ1) is 8.42. The fraction of sp³-hybridized carbons (Fsp3) is 0.538. The number of nitrogens with one attached hydrogen (secondary N) is 1. The summed E-state index contributed by atoms with van der Waals surface area (Å²) >= 11 is 0. The Morgan fingerprint density at radius 3 is 2.50 bits per heavy atom. The molecule has 1 aromatic carbocycles. The van der Waals surface area contributed by atoms with Crippen molar-refractivity contribution in [2.24, 2.45) is 5.92 Å². The van der Waals surface area contributed by atoms with Crippen LogP contribution in [0.4, 0.5) is 13.2 Å². The Labute approximate surface area is 104 Å². The summed E-state index contributed by atoms with van der Waals surface area (Å²) in [5.74, 6) is 0.366. The van der Waals surface area contributed by atoms with Gasteiger partial charge < -0.3 is 10.1 Å². The van der Waals surface area contributed by atoms with Gasteiger partial charge in [0.05, 0.1) is 0 Å². The summed E-state index contributed by atoms with van der Waals surface area (Å²) < 4.78 is 41.0. The first-order valence-corrected chi connectivity index (χ1v) is 5.94. The van der Waals surface area contributed by atoms with E-state index in [0.717, 1.165) is 6.42 Å². The lowest BCUT2D eigenvalue weighted by molar-refractivity contribution is -0.275. The van der Waals surface area contributed by atoms with Crippen LogP contribution in [0.2, 0.25) is 0 Å². The monoisotopic (exact) mass is 259 g/mol. The number of benzene rings is 1. The van der Waals surface area contributed by atoms with Crippen molar-refractivity contribution in [3.8, 4) is 5.75 Å². The number of ether oxygens (including phenoxy) is 1. The molecule has 18 heavy (non-hydrogen) atoms. The van der Waals surface area contributed by atoms with E-state index in [-0.39, 0.29) is 11.7 Å². The van der Waals surface area contributed by atoms with Gasteiger partial charge in [0, 0.05) is 6.04 Å². The molecule has 5 heteroatoms. The van der Waals surface area contributed by atoms with Crippen LogP contribution in [0.1, 0.15) is 24.8 Å². The fourth-order valence-corrected chi connectivity index (χ4v) is 2.58. The molecule has 0 aliphatic heterocycles. The molecule has 1 aromatic rings. The van der Waals surface area contributed by atoms with Crippen molar-refractivity contribution < 1.29 is 17.9 Å². The van der Waals surface area contributed by atoms with Crippen LogP contribution >= 0.6 is 0 Å². The Morgan fingerprint density at radius 2 is 1.94 bits per heavy atom. The lowest BCUT2D eigenvalue weighted by Crippen LogP contribution is -2.46. The summed E-state index contributed by atoms with van der Waals surface area (Å²) in [4.78, 5) is 0. The quantitative estimate of drug-likeness (QED) is 0.899. The maximum Gasteiger partial charge on any atom is 0.573 e. The van der Waals surface area contributed by atoms with Crippen molar-refractivity contribution in [3.63, 3.8) is 0 Å². The highest BCUT2D eigenvalue weighted by Gasteiger charge is 2.40. The van der Waals surface area contributed by atoms with Gasteiger partial charge in [-0.1, -0.05) is 25.1 Å². The summed E-state index contributed by atoms with van der Waals surface area (Å²) in [5.41, 5.74) is 0.647. The summed E-state index contributed by atoms with van der Waals surface area (Å²) in [5, 5.41) is 3.16. The van der Waals surface area contributed by atoms with Crippen LogP contribution in [0.3, 0.4) is 0 Å². The molecule has 1 saturated carbocycles. The van der Waals surface area contributed by atoms with Crippen LogP contribution in [0.5, 0.6) is 5.75 Å². The van der Waals surface area contributed by atoms with Gasteiger partial charge >= 0.3 is 6.36 Å². The maximum atomic E-state index is 12.3. The molecule has 1 N–H and O–H groups in total. The summed E-state index contributed by atoms with van der Waals surface area (Å²) in [7, 11) is 1.87. The van der Waals surface area contributed by atoms with E-state index in [1.807, 2.05) is 14.0 Å². The largest absolute Gasteiger partial charge is 0.573 e. The highest BCUT2D eigenvalue weighted by Crippen LogP contribution is 2.46. The van der Waals surface area contributed by atoms with Crippen molar-refractivity contribution >= 4 is 0 Å². The van der Waals surface area contributed by atoms with Crippen LogP contribution in [-0.2, 0) is 0 Å². The van der Waals surface area contributed by atoms with E-state index in [4.69, 9.17) is 0 Å². The Balaban J connectivity index is 2.19. The fourth-order valence-electron chi connectivity index (χ4n) is 2.58. The molecule has 100 valence electrons. The van der Waals surface area contributed by atoms with Gasteiger partial charge in [-0.05, 0) is 36.9 Å². The number of rotatable bonds is 3. The molecule has 1 fully saturated rings. The molecule has 0 heterocycles. The zero-order chi connectivity index (χ0) is 13.3. The van der Waals surface area contributed by atoms with Crippen LogP contribution in [0, 0.1) is 5.92 Å². The zero-order valence-corrected chi connectivity index (χ0v) is 10.3. The third-order valence-electron chi connectivity index (χ3n) is 3.69. The van der Waals surface area contributed by atoms with Crippen LogP contribution in [0.25, 0.3) is 0 Å². The predicted octanol–water partition coefficient (Wildman–Crippen LogP) is 3.30. The first kappa shape index (κ1) is 13.2. The molecular weight excluding hydrogens is 243 g/mol. The molecule has 1 aliphatic carbocycles. The van der Waals surface area contributed by atoms with Crippen molar-refractivity contribution in [1.82, 2.24) is 5.32 Å². The normalized spacial score (nSPS) is 27.7. The van der Waals surface area contributed by atoms with E-state index in [1.54, 1.807) is 18.2 Å². The van der Waals surface area contributed by atoms with Crippen LogP contribution in [-0.4, -0.2) is 19.5 Å². The van der Waals surface area contributed by atoms with Crippen LogP contribution < -0.4 is 10.1 Å². The summed E-state index contributed by atoms with van der Waals surface area (Å²) in [6.45, 7) is 2.04. The van der Waals surface area contributed by atoms with E-state index >= 15 is 0 Å². The first-order valence-electron chi connectivity index (χ1n) is 5.94. The number of hydrogen-bond acceptors (Lipinski definition) is 2. The minimum absolute atomic E-state index is 0.0728. The molecule has 3 atom stereocenters. The predicted molar refractivity (Wildman–Crippen MR) is 62.5 cm³/mol. The number of hydrogen-bond donors (Lipinski definition) is 1. The second kappa shape index (κ2) is 4.80. The molecular formula is C13H16F3NO. The molecule has 0 bridgehead atoms. The maximum absolute atomic E-state index is 12.3. The highest BCUT2D eigenvalue weighted by atomic mass is 19.4. The summed E-state index contributed by atoms with van der Waals surface area (Å²) in [6.07, 6.45) is -3.79. The average molecular weight is 259 g/mol. The molecule has 2 rings (SSSR count). The van der Waals surface area contributed by atoms with E-state index in [0.29, 0.717) is 17.5 Å². The number of halogens is 3. The van der Waals surface area contributed by atoms with E-state index in [1.165, 1.54) is 6.07 Å². The van der Waals surface area contributed by atoms with Gasteiger partial charge in [0.1, 0.15) is 5.75 Å². The summed E-state index contributed by atoms with van der Waals surface area (Å²) in [6, 6.07) is 6.77. The van der Waals surface area contributed by atoms with Gasteiger partial charge in [-0.15, -0.1) is 13.2 Å². The van der Waals surface area contributed by atoms with E-state index in [9.17, 15) is 13.2 Å². The van der Waals surface area contributed by atoms with Gasteiger partial charge in [0.25, 0.3) is 0 Å². The Morgan fingerprint density at radius 1 is 1.28 bits per heavy atom. The third kappa shape index (κ3) is 2.61. The zero-order valence-electron chi connectivity index (χ0n) is 10.3. The highest BCUT2D eigenvalue weighted by molar-refractivity contribution is 5.38.